The molecule has 5 heteroatoms. The van der Waals surface area contributed by atoms with Gasteiger partial charge >= 0.3 is 0 Å². The molecule has 1 fully saturated rings. The fourth-order valence-electron chi connectivity index (χ4n) is 2.30. The highest BCUT2D eigenvalue weighted by molar-refractivity contribution is 5.85. The van der Waals surface area contributed by atoms with Gasteiger partial charge in [-0.1, -0.05) is 0 Å². The van der Waals surface area contributed by atoms with Crippen LogP contribution in [0.1, 0.15) is 25.3 Å². The van der Waals surface area contributed by atoms with E-state index < -0.39 is 0 Å². The molecule has 2 rings (SSSR count). The van der Waals surface area contributed by atoms with Crippen LogP contribution < -0.4 is 5.73 Å². The predicted molar refractivity (Wildman–Crippen MR) is 72.2 cm³/mol. The first kappa shape index (κ1) is 14.5. The second kappa shape index (κ2) is 6.99. The van der Waals surface area contributed by atoms with Crippen LogP contribution in [0.25, 0.3) is 0 Å². The summed E-state index contributed by atoms with van der Waals surface area (Å²) in [6.45, 7) is 7.32. The largest absolute Gasteiger partial charge is 0.330 e. The second-order valence-corrected chi connectivity index (χ2v) is 4.66. The maximum absolute atomic E-state index is 5.69. The Kier molecular flexibility index (Phi) is 5.95. The highest BCUT2D eigenvalue weighted by atomic mass is 35.5. The van der Waals surface area contributed by atoms with Gasteiger partial charge in [0, 0.05) is 24.8 Å². The number of nitrogens with two attached hydrogens (primary N) is 1. The quantitative estimate of drug-likeness (QED) is 0.890. The van der Waals surface area contributed by atoms with Gasteiger partial charge in [-0.3, -0.25) is 9.58 Å². The third kappa shape index (κ3) is 3.98. The number of hydrogen-bond donors (Lipinski definition) is 1. The first-order chi connectivity index (χ1) is 7.81. The molecule has 0 bridgehead atoms. The highest BCUT2D eigenvalue weighted by Crippen LogP contribution is 2.17. The minimum atomic E-state index is 0. The first-order valence-corrected chi connectivity index (χ1v) is 6.25. The summed E-state index contributed by atoms with van der Waals surface area (Å²) < 4.78 is 1.99. The molecule has 1 aliphatic rings. The molecule has 98 valence electrons. The average molecular weight is 259 g/mol. The molecular weight excluding hydrogens is 236 g/mol. The molecule has 1 aromatic rings. The lowest BCUT2D eigenvalue weighted by Gasteiger charge is -2.30. The minimum Gasteiger partial charge on any atom is -0.330 e. The maximum atomic E-state index is 5.69. The molecule has 0 aromatic carbocycles. The van der Waals surface area contributed by atoms with E-state index in [0.717, 1.165) is 25.6 Å². The van der Waals surface area contributed by atoms with Crippen LogP contribution in [0.4, 0.5) is 0 Å². The molecule has 1 saturated heterocycles. The van der Waals surface area contributed by atoms with Gasteiger partial charge in [-0.15, -0.1) is 12.4 Å². The van der Waals surface area contributed by atoms with Gasteiger partial charge < -0.3 is 5.73 Å². The zero-order valence-electron chi connectivity index (χ0n) is 10.5. The van der Waals surface area contributed by atoms with Gasteiger partial charge in [-0.25, -0.2) is 0 Å². The predicted octanol–water partition coefficient (Wildman–Crippen LogP) is 1.50. The highest BCUT2D eigenvalue weighted by Gasteiger charge is 2.18. The van der Waals surface area contributed by atoms with Crippen LogP contribution in [0.2, 0.25) is 0 Å². The van der Waals surface area contributed by atoms with Crippen molar-refractivity contribution in [1.29, 1.82) is 0 Å². The Bertz CT molecular complexity index is 318. The van der Waals surface area contributed by atoms with Crippen LogP contribution in [0, 0.1) is 5.92 Å². The van der Waals surface area contributed by atoms with Crippen molar-refractivity contribution in [3.8, 4) is 0 Å². The fraction of sp³-hybridized carbons (Fsp3) is 0.750. The number of aromatic nitrogens is 2. The van der Waals surface area contributed by atoms with Crippen molar-refractivity contribution in [2.24, 2.45) is 11.7 Å². The maximum Gasteiger partial charge on any atom is 0.0534 e. The topological polar surface area (TPSA) is 47.1 Å². The van der Waals surface area contributed by atoms with Crippen molar-refractivity contribution >= 4 is 12.4 Å². The van der Waals surface area contributed by atoms with Crippen molar-refractivity contribution in [2.45, 2.75) is 32.9 Å². The summed E-state index contributed by atoms with van der Waals surface area (Å²) >= 11 is 0. The van der Waals surface area contributed by atoms with Crippen molar-refractivity contribution in [1.82, 2.24) is 14.7 Å². The van der Waals surface area contributed by atoms with Gasteiger partial charge in [-0.05, 0) is 45.3 Å². The Labute approximate surface area is 110 Å². The molecule has 2 heterocycles. The molecule has 1 aliphatic heterocycles. The normalized spacial score (nSPS) is 18.0. The molecule has 0 radical (unpaired) electrons. The van der Waals surface area contributed by atoms with Crippen LogP contribution in [0.3, 0.4) is 0 Å². The average Bonchev–Trinajstić information content (AvgIpc) is 2.78. The van der Waals surface area contributed by atoms with Crippen molar-refractivity contribution in [3.63, 3.8) is 0 Å². The molecule has 2 N–H and O–H groups in total. The molecule has 0 amide bonds. The Morgan fingerprint density at radius 2 is 2.12 bits per heavy atom. The van der Waals surface area contributed by atoms with Crippen molar-refractivity contribution in [2.75, 3.05) is 19.6 Å². The number of hydrogen-bond acceptors (Lipinski definition) is 3. The molecule has 0 saturated carbocycles. The lowest BCUT2D eigenvalue weighted by Crippen LogP contribution is -2.35. The molecule has 0 atom stereocenters. The number of halogens is 1. The molecule has 1 aromatic heterocycles. The third-order valence-electron chi connectivity index (χ3n) is 3.46. The molecular formula is C12H23ClN4. The zero-order chi connectivity index (χ0) is 11.4. The lowest BCUT2D eigenvalue weighted by molar-refractivity contribution is 0.180. The van der Waals surface area contributed by atoms with Gasteiger partial charge in [0.1, 0.15) is 0 Å². The number of aryl methyl sites for hydroxylation is 1. The number of rotatable bonds is 4. The molecule has 0 spiro atoms. The Morgan fingerprint density at radius 3 is 2.65 bits per heavy atom. The summed E-state index contributed by atoms with van der Waals surface area (Å²) in [7, 11) is 0. The van der Waals surface area contributed by atoms with Crippen molar-refractivity contribution in [3.05, 3.63) is 18.0 Å². The van der Waals surface area contributed by atoms with Gasteiger partial charge in [0.25, 0.3) is 0 Å². The number of nitrogens with zero attached hydrogens (tertiary/aromatic N) is 3. The Balaban J connectivity index is 0.00000144. The van der Waals surface area contributed by atoms with E-state index in [2.05, 4.69) is 23.1 Å². The summed E-state index contributed by atoms with van der Waals surface area (Å²) in [6, 6.07) is 0. The lowest BCUT2D eigenvalue weighted by atomic mass is 9.97. The Hall–Kier alpha value is -0.580. The fourth-order valence-corrected chi connectivity index (χ4v) is 2.30. The van der Waals surface area contributed by atoms with Gasteiger partial charge in [0.05, 0.1) is 6.20 Å². The first-order valence-electron chi connectivity index (χ1n) is 6.25. The number of piperidine rings is 1. The minimum absolute atomic E-state index is 0. The van der Waals surface area contributed by atoms with Gasteiger partial charge in [0.2, 0.25) is 0 Å². The van der Waals surface area contributed by atoms with Gasteiger partial charge in [-0.2, -0.15) is 5.10 Å². The van der Waals surface area contributed by atoms with Gasteiger partial charge in [0.15, 0.2) is 0 Å². The van der Waals surface area contributed by atoms with E-state index in [1.165, 1.54) is 31.5 Å². The van der Waals surface area contributed by atoms with E-state index in [1.54, 1.807) is 0 Å². The van der Waals surface area contributed by atoms with Crippen LogP contribution in [0.5, 0.6) is 0 Å². The van der Waals surface area contributed by atoms with Crippen LogP contribution in [-0.4, -0.2) is 34.3 Å². The van der Waals surface area contributed by atoms with E-state index in [0.29, 0.717) is 0 Å². The summed E-state index contributed by atoms with van der Waals surface area (Å²) in [5.41, 5.74) is 7.02. The molecule has 0 aliphatic carbocycles. The van der Waals surface area contributed by atoms with E-state index in [4.69, 9.17) is 5.73 Å². The van der Waals surface area contributed by atoms with Crippen molar-refractivity contribution < 1.29 is 0 Å². The third-order valence-corrected chi connectivity index (χ3v) is 3.46. The monoisotopic (exact) mass is 258 g/mol. The van der Waals surface area contributed by atoms with E-state index in [9.17, 15) is 0 Å². The summed E-state index contributed by atoms with van der Waals surface area (Å²) in [5.74, 6) is 0.745. The molecule has 17 heavy (non-hydrogen) atoms. The SMILES string of the molecule is CCn1cc(CN2CCC(CN)CC2)cn1.Cl. The van der Waals surface area contributed by atoms with E-state index in [1.807, 2.05) is 10.9 Å². The van der Waals surface area contributed by atoms with Crippen LogP contribution >= 0.6 is 12.4 Å². The molecule has 4 nitrogen and oxygen atoms in total. The summed E-state index contributed by atoms with van der Waals surface area (Å²) in [4.78, 5) is 2.50. The summed E-state index contributed by atoms with van der Waals surface area (Å²) in [6.07, 6.45) is 6.63. The smallest absolute Gasteiger partial charge is 0.0534 e. The molecule has 0 unspecified atom stereocenters. The second-order valence-electron chi connectivity index (χ2n) is 4.66. The van der Waals surface area contributed by atoms with Crippen LogP contribution in [0.15, 0.2) is 12.4 Å². The number of likely N-dealkylation sites (tertiary alicyclic amines) is 1. The van der Waals surface area contributed by atoms with Crippen LogP contribution in [-0.2, 0) is 13.1 Å². The standard InChI is InChI=1S/C12H22N4.ClH/c1-2-16-10-12(8-14-16)9-15-5-3-11(7-13)4-6-15;/h8,10-11H,2-7,9,13H2,1H3;1H. The van der Waals surface area contributed by atoms with E-state index >= 15 is 0 Å². The summed E-state index contributed by atoms with van der Waals surface area (Å²) in [5, 5.41) is 4.30. The Morgan fingerprint density at radius 1 is 1.41 bits per heavy atom. The van der Waals surface area contributed by atoms with E-state index in [-0.39, 0.29) is 12.4 Å². The zero-order valence-corrected chi connectivity index (χ0v) is 11.3.